The summed E-state index contributed by atoms with van der Waals surface area (Å²) in [4.78, 5) is 41.8. The molecule has 2 saturated carbocycles. The zero-order valence-corrected chi connectivity index (χ0v) is 20.7. The number of hydrogen-bond donors (Lipinski definition) is 0. The maximum Gasteiger partial charge on any atom is 0.309 e. The maximum absolute atomic E-state index is 12.9. The first kappa shape index (κ1) is 24.2. The molecule has 0 aromatic heterocycles. The molecule has 33 heavy (non-hydrogen) atoms. The van der Waals surface area contributed by atoms with Crippen molar-refractivity contribution in [3.63, 3.8) is 0 Å². The number of carbonyl (C=O) groups excluding carboxylic acids is 3. The molecule has 4 rings (SSSR count). The van der Waals surface area contributed by atoms with E-state index in [1.165, 1.54) is 20.0 Å². The number of ketones is 1. The first-order chi connectivity index (χ1) is 15.8. The first-order valence-corrected chi connectivity index (χ1v) is 12.6. The first-order valence-electron chi connectivity index (χ1n) is 12.2. The smallest absolute Gasteiger partial charge is 0.309 e. The Labute approximate surface area is 201 Å². The second kappa shape index (κ2) is 10.1. The summed E-state index contributed by atoms with van der Waals surface area (Å²) in [7, 11) is 1.36. The van der Waals surface area contributed by atoms with Gasteiger partial charge in [-0.05, 0) is 61.9 Å². The highest BCUT2D eigenvalue weighted by molar-refractivity contribution is 6.30. The van der Waals surface area contributed by atoms with E-state index in [0.717, 1.165) is 55.7 Å². The summed E-state index contributed by atoms with van der Waals surface area (Å²) < 4.78 is 4.77. The number of methoxy groups -OCH3 is 1. The Morgan fingerprint density at radius 1 is 1.09 bits per heavy atom. The molecule has 3 atom stereocenters. The molecule has 0 bridgehead atoms. The molecule has 1 amide bonds. The van der Waals surface area contributed by atoms with Gasteiger partial charge in [0, 0.05) is 55.5 Å². The lowest BCUT2D eigenvalue weighted by molar-refractivity contribution is -0.143. The van der Waals surface area contributed by atoms with Crippen molar-refractivity contribution >= 4 is 29.3 Å². The number of piperazine rings is 1. The van der Waals surface area contributed by atoms with Crippen molar-refractivity contribution in [3.05, 3.63) is 33.8 Å². The molecule has 0 N–H and O–H groups in total. The second-order valence-electron chi connectivity index (χ2n) is 10.1. The molecule has 180 valence electrons. The normalized spacial score (nSPS) is 25.8. The fourth-order valence-corrected chi connectivity index (χ4v) is 5.84. The van der Waals surface area contributed by atoms with Crippen LogP contribution in [0.5, 0.6) is 0 Å². The van der Waals surface area contributed by atoms with Crippen LogP contribution in [0.15, 0.2) is 12.1 Å². The van der Waals surface area contributed by atoms with Gasteiger partial charge in [-0.15, -0.1) is 0 Å². The topological polar surface area (TPSA) is 66.9 Å². The van der Waals surface area contributed by atoms with E-state index in [9.17, 15) is 14.4 Å². The van der Waals surface area contributed by atoms with Crippen LogP contribution in [0.2, 0.25) is 5.02 Å². The van der Waals surface area contributed by atoms with Crippen molar-refractivity contribution in [1.29, 1.82) is 0 Å². The van der Waals surface area contributed by atoms with Gasteiger partial charge in [0.25, 0.3) is 0 Å². The van der Waals surface area contributed by atoms with Crippen LogP contribution >= 0.6 is 11.6 Å². The predicted octanol–water partition coefficient (Wildman–Crippen LogP) is 3.79. The lowest BCUT2D eigenvalue weighted by Crippen LogP contribution is -2.54. The van der Waals surface area contributed by atoms with E-state index in [2.05, 4.69) is 16.7 Å². The molecule has 0 radical (unpaired) electrons. The highest BCUT2D eigenvalue weighted by atomic mass is 35.5. The van der Waals surface area contributed by atoms with Gasteiger partial charge in [0.2, 0.25) is 5.91 Å². The lowest BCUT2D eigenvalue weighted by Gasteiger charge is -2.41. The maximum atomic E-state index is 12.9. The van der Waals surface area contributed by atoms with Gasteiger partial charge in [-0.25, -0.2) is 0 Å². The summed E-state index contributed by atoms with van der Waals surface area (Å²) in [5.74, 6) is -0.174. The van der Waals surface area contributed by atoms with Crippen molar-refractivity contribution in [1.82, 2.24) is 9.80 Å². The van der Waals surface area contributed by atoms with Crippen LogP contribution in [-0.2, 0) is 32.1 Å². The zero-order chi connectivity index (χ0) is 23.7. The van der Waals surface area contributed by atoms with Crippen molar-refractivity contribution in [2.75, 3.05) is 26.7 Å². The van der Waals surface area contributed by atoms with Gasteiger partial charge in [0.05, 0.1) is 13.0 Å². The molecular weight excluding hydrogens is 440 g/mol. The van der Waals surface area contributed by atoms with Crippen LogP contribution in [0.4, 0.5) is 0 Å². The highest BCUT2D eigenvalue weighted by Gasteiger charge is 2.48. The molecule has 1 aromatic carbocycles. The van der Waals surface area contributed by atoms with Crippen molar-refractivity contribution in [2.45, 2.75) is 65.0 Å². The van der Waals surface area contributed by atoms with Gasteiger partial charge in [-0.3, -0.25) is 19.3 Å². The Morgan fingerprint density at radius 2 is 1.79 bits per heavy atom. The standard InChI is InChI=1S/C26H35ClN2O4/c1-16-14-28(8-9-29(16)25(31)18-6-4-5-7-18)15-20-11-21(27)10-19(17(20)2)12-24(30)22-13-23(22)26(32)33-3/h10-11,16,18,22-23H,4-9,12-15H2,1-3H3/t16-,22?,23?/m0/s1. The third-order valence-corrected chi connectivity index (χ3v) is 7.97. The van der Waals surface area contributed by atoms with Gasteiger partial charge >= 0.3 is 5.97 Å². The fraction of sp³-hybridized carbons (Fsp3) is 0.654. The molecule has 1 heterocycles. The molecule has 6 nitrogen and oxygen atoms in total. The third kappa shape index (κ3) is 5.43. The van der Waals surface area contributed by atoms with Crippen molar-refractivity contribution in [3.8, 4) is 0 Å². The van der Waals surface area contributed by atoms with Gasteiger partial charge in [-0.2, -0.15) is 0 Å². The van der Waals surface area contributed by atoms with Crippen LogP contribution in [-0.4, -0.2) is 60.2 Å². The van der Waals surface area contributed by atoms with Crippen molar-refractivity contribution in [2.24, 2.45) is 17.8 Å². The average molecular weight is 475 g/mol. The number of halogens is 1. The summed E-state index contributed by atoms with van der Waals surface area (Å²) >= 11 is 6.43. The number of ether oxygens (including phenoxy) is 1. The molecule has 0 spiro atoms. The van der Waals surface area contributed by atoms with Gasteiger partial charge in [0.15, 0.2) is 0 Å². The SMILES string of the molecule is COC(=O)C1CC1C(=O)Cc1cc(Cl)cc(CN2CCN(C(=O)C3CCCC3)[C@@H](C)C2)c1C. The van der Waals surface area contributed by atoms with Gasteiger partial charge < -0.3 is 9.64 Å². The van der Waals surface area contributed by atoms with Crippen LogP contribution < -0.4 is 0 Å². The second-order valence-corrected chi connectivity index (χ2v) is 10.5. The van der Waals surface area contributed by atoms with E-state index in [1.807, 2.05) is 19.1 Å². The molecular formula is C26H35ClN2O4. The van der Waals surface area contributed by atoms with E-state index < -0.39 is 0 Å². The lowest BCUT2D eigenvalue weighted by atomic mass is 9.96. The molecule has 2 aliphatic carbocycles. The summed E-state index contributed by atoms with van der Waals surface area (Å²) in [6.07, 6.45) is 5.30. The van der Waals surface area contributed by atoms with Gasteiger partial charge in [0.1, 0.15) is 5.78 Å². The summed E-state index contributed by atoms with van der Waals surface area (Å²) in [6.45, 7) is 7.37. The Bertz CT molecular complexity index is 927. The number of amides is 1. The van der Waals surface area contributed by atoms with E-state index in [-0.39, 0.29) is 42.0 Å². The summed E-state index contributed by atoms with van der Waals surface area (Å²) in [5, 5.41) is 0.627. The largest absolute Gasteiger partial charge is 0.469 e. The molecule has 7 heteroatoms. The third-order valence-electron chi connectivity index (χ3n) is 7.75. The molecule has 2 unspecified atom stereocenters. The molecule has 1 aliphatic heterocycles. The fourth-order valence-electron chi connectivity index (χ4n) is 5.58. The predicted molar refractivity (Wildman–Crippen MR) is 127 cm³/mol. The summed E-state index contributed by atoms with van der Waals surface area (Å²) in [6, 6.07) is 4.05. The number of nitrogens with zero attached hydrogens (tertiary/aromatic N) is 2. The number of rotatable bonds is 7. The van der Waals surface area contributed by atoms with Crippen LogP contribution in [0.3, 0.4) is 0 Å². The minimum atomic E-state index is -0.295. The number of Topliss-reactive ketones (excluding diaryl/α,β-unsaturated/α-hetero) is 1. The molecule has 1 saturated heterocycles. The number of hydrogen-bond acceptors (Lipinski definition) is 5. The molecule has 3 fully saturated rings. The van der Waals surface area contributed by atoms with E-state index in [4.69, 9.17) is 16.3 Å². The van der Waals surface area contributed by atoms with E-state index in [0.29, 0.717) is 17.4 Å². The average Bonchev–Trinajstić information content (AvgIpc) is 3.40. The van der Waals surface area contributed by atoms with Gasteiger partial charge in [-0.1, -0.05) is 24.4 Å². The van der Waals surface area contributed by atoms with Crippen LogP contribution in [0.1, 0.15) is 55.7 Å². The Kier molecular flexibility index (Phi) is 7.44. The zero-order valence-electron chi connectivity index (χ0n) is 19.9. The Balaban J connectivity index is 1.38. The monoisotopic (exact) mass is 474 g/mol. The number of benzene rings is 1. The number of esters is 1. The highest BCUT2D eigenvalue weighted by Crippen LogP contribution is 2.41. The Hall–Kier alpha value is -1.92. The van der Waals surface area contributed by atoms with E-state index in [1.54, 1.807) is 0 Å². The van der Waals surface area contributed by atoms with Crippen LogP contribution in [0.25, 0.3) is 0 Å². The molecule has 3 aliphatic rings. The van der Waals surface area contributed by atoms with Crippen LogP contribution in [0, 0.1) is 24.7 Å². The quantitative estimate of drug-likeness (QED) is 0.562. The van der Waals surface area contributed by atoms with Crippen molar-refractivity contribution < 1.29 is 19.1 Å². The minimum absolute atomic E-state index is 0.0781. The van der Waals surface area contributed by atoms with E-state index >= 15 is 0 Å². The molecule has 1 aromatic rings. The minimum Gasteiger partial charge on any atom is -0.469 e. The number of carbonyl (C=O) groups is 3. The Morgan fingerprint density at radius 3 is 2.45 bits per heavy atom. The summed E-state index contributed by atoms with van der Waals surface area (Å²) in [5.41, 5.74) is 3.13.